The molecule has 2 aliphatic rings. The van der Waals surface area contributed by atoms with Crippen LogP contribution in [0.4, 0.5) is 13.2 Å². The highest BCUT2D eigenvalue weighted by Crippen LogP contribution is 2.28. The van der Waals surface area contributed by atoms with E-state index in [0.29, 0.717) is 45.9 Å². The minimum Gasteiger partial charge on any atom is -0.381 e. The summed E-state index contributed by atoms with van der Waals surface area (Å²) in [5, 5.41) is 0. The van der Waals surface area contributed by atoms with E-state index in [4.69, 9.17) is 10.5 Å². The Morgan fingerprint density at radius 3 is 2.11 bits per heavy atom. The van der Waals surface area contributed by atoms with Crippen LogP contribution in [0.25, 0.3) is 0 Å². The van der Waals surface area contributed by atoms with Gasteiger partial charge in [-0.05, 0) is 12.8 Å². The maximum Gasteiger partial charge on any atom is 0.401 e. The first-order valence-electron chi connectivity index (χ1n) is 6.77. The predicted molar refractivity (Wildman–Crippen MR) is 65.9 cm³/mol. The lowest BCUT2D eigenvalue weighted by Crippen LogP contribution is -2.62. The summed E-state index contributed by atoms with van der Waals surface area (Å²) in [6.45, 7) is 3.37. The summed E-state index contributed by atoms with van der Waals surface area (Å²) >= 11 is 0. The van der Waals surface area contributed by atoms with Crippen molar-refractivity contribution in [1.82, 2.24) is 9.80 Å². The highest BCUT2D eigenvalue weighted by molar-refractivity contribution is 4.95. The van der Waals surface area contributed by atoms with E-state index in [2.05, 4.69) is 4.90 Å². The fraction of sp³-hybridized carbons (Fsp3) is 1.00. The largest absolute Gasteiger partial charge is 0.401 e. The van der Waals surface area contributed by atoms with Crippen LogP contribution in [0.3, 0.4) is 0 Å². The topological polar surface area (TPSA) is 41.7 Å². The highest BCUT2D eigenvalue weighted by Gasteiger charge is 2.40. The monoisotopic (exact) mass is 281 g/mol. The number of alkyl halides is 3. The molecule has 0 spiro atoms. The average molecular weight is 281 g/mol. The first kappa shape index (κ1) is 15.0. The van der Waals surface area contributed by atoms with Gasteiger partial charge in [-0.2, -0.15) is 13.2 Å². The van der Waals surface area contributed by atoms with Crippen molar-refractivity contribution in [2.75, 3.05) is 52.5 Å². The molecule has 2 heterocycles. The van der Waals surface area contributed by atoms with Crippen LogP contribution in [-0.4, -0.2) is 74.0 Å². The van der Waals surface area contributed by atoms with Crippen molar-refractivity contribution in [1.29, 1.82) is 0 Å². The van der Waals surface area contributed by atoms with Gasteiger partial charge in [-0.3, -0.25) is 9.80 Å². The van der Waals surface area contributed by atoms with Gasteiger partial charge in [0.05, 0.1) is 6.54 Å². The summed E-state index contributed by atoms with van der Waals surface area (Å²) in [7, 11) is 0. The van der Waals surface area contributed by atoms with Crippen LogP contribution in [0.2, 0.25) is 0 Å². The standard InChI is InChI=1S/C12H22F3N3O/c13-12(14,15)10-17-3-5-18(6-4-17)11(9-16)1-7-19-8-2-11/h1-10,16H2. The molecule has 0 aromatic carbocycles. The van der Waals surface area contributed by atoms with E-state index in [0.717, 1.165) is 12.8 Å². The minimum atomic E-state index is -4.10. The molecule has 2 saturated heterocycles. The van der Waals surface area contributed by atoms with Gasteiger partial charge in [0.15, 0.2) is 0 Å². The van der Waals surface area contributed by atoms with Crippen LogP contribution in [-0.2, 0) is 4.74 Å². The maximum absolute atomic E-state index is 12.3. The third kappa shape index (κ3) is 3.81. The van der Waals surface area contributed by atoms with Crippen molar-refractivity contribution in [3.63, 3.8) is 0 Å². The van der Waals surface area contributed by atoms with Gasteiger partial charge >= 0.3 is 6.18 Å². The van der Waals surface area contributed by atoms with Crippen LogP contribution in [0.1, 0.15) is 12.8 Å². The zero-order valence-corrected chi connectivity index (χ0v) is 11.1. The van der Waals surface area contributed by atoms with E-state index in [9.17, 15) is 13.2 Å². The Bertz CT molecular complexity index is 284. The molecule has 4 nitrogen and oxygen atoms in total. The molecule has 0 aromatic rings. The van der Waals surface area contributed by atoms with Crippen LogP contribution in [0, 0.1) is 0 Å². The Morgan fingerprint density at radius 1 is 1.05 bits per heavy atom. The van der Waals surface area contributed by atoms with Gasteiger partial charge in [-0.1, -0.05) is 0 Å². The number of ether oxygens (including phenoxy) is 1. The van der Waals surface area contributed by atoms with Crippen molar-refractivity contribution < 1.29 is 17.9 Å². The second-order valence-electron chi connectivity index (χ2n) is 5.42. The molecule has 19 heavy (non-hydrogen) atoms. The van der Waals surface area contributed by atoms with Crippen molar-refractivity contribution >= 4 is 0 Å². The number of hydrogen-bond donors (Lipinski definition) is 1. The van der Waals surface area contributed by atoms with Crippen LogP contribution in [0.15, 0.2) is 0 Å². The Kier molecular flexibility index (Phi) is 4.70. The number of halogens is 3. The molecule has 0 unspecified atom stereocenters. The molecule has 0 amide bonds. The van der Waals surface area contributed by atoms with Gasteiger partial charge in [-0.15, -0.1) is 0 Å². The lowest BCUT2D eigenvalue weighted by molar-refractivity contribution is -0.152. The average Bonchev–Trinajstić information content (AvgIpc) is 2.38. The second-order valence-corrected chi connectivity index (χ2v) is 5.42. The molecular formula is C12H22F3N3O. The summed E-state index contributed by atoms with van der Waals surface area (Å²) < 4.78 is 42.4. The third-order valence-electron chi connectivity index (χ3n) is 4.25. The normalized spacial score (nSPS) is 26.5. The zero-order chi connectivity index (χ0) is 13.9. The quantitative estimate of drug-likeness (QED) is 0.826. The number of nitrogens with two attached hydrogens (primary N) is 1. The Balaban J connectivity index is 1.88. The third-order valence-corrected chi connectivity index (χ3v) is 4.25. The van der Waals surface area contributed by atoms with Crippen molar-refractivity contribution in [2.45, 2.75) is 24.6 Å². The van der Waals surface area contributed by atoms with Gasteiger partial charge in [0.1, 0.15) is 0 Å². The van der Waals surface area contributed by atoms with Crippen molar-refractivity contribution in [3.8, 4) is 0 Å². The van der Waals surface area contributed by atoms with E-state index in [1.54, 1.807) is 0 Å². The first-order chi connectivity index (χ1) is 8.95. The molecule has 2 fully saturated rings. The van der Waals surface area contributed by atoms with Crippen LogP contribution < -0.4 is 5.73 Å². The lowest BCUT2D eigenvalue weighted by atomic mass is 9.87. The molecule has 0 radical (unpaired) electrons. The highest BCUT2D eigenvalue weighted by atomic mass is 19.4. The number of piperazine rings is 1. The minimum absolute atomic E-state index is 0.0669. The van der Waals surface area contributed by atoms with Gasteiger partial charge < -0.3 is 10.5 Å². The molecule has 0 aliphatic carbocycles. The van der Waals surface area contributed by atoms with E-state index in [-0.39, 0.29) is 5.54 Å². The SMILES string of the molecule is NCC1(N2CCN(CC(F)(F)F)CC2)CCOCC1. The molecule has 7 heteroatoms. The fourth-order valence-corrected chi connectivity index (χ4v) is 3.03. The zero-order valence-electron chi connectivity index (χ0n) is 11.1. The van der Waals surface area contributed by atoms with Crippen molar-refractivity contribution in [3.05, 3.63) is 0 Å². The Labute approximate surface area is 111 Å². The summed E-state index contributed by atoms with van der Waals surface area (Å²) in [6.07, 6.45) is -2.35. The maximum atomic E-state index is 12.3. The number of nitrogens with zero attached hydrogens (tertiary/aromatic N) is 2. The first-order valence-corrected chi connectivity index (χ1v) is 6.77. The molecule has 0 aromatic heterocycles. The molecule has 2 N–H and O–H groups in total. The van der Waals surface area contributed by atoms with E-state index in [1.165, 1.54) is 4.90 Å². The molecular weight excluding hydrogens is 259 g/mol. The molecule has 112 valence electrons. The Hall–Kier alpha value is -0.370. The molecule has 2 aliphatic heterocycles. The summed E-state index contributed by atoms with van der Waals surface area (Å²) in [5.41, 5.74) is 5.85. The van der Waals surface area contributed by atoms with E-state index >= 15 is 0 Å². The van der Waals surface area contributed by atoms with Crippen LogP contribution in [0.5, 0.6) is 0 Å². The van der Waals surface area contributed by atoms with Gasteiger partial charge in [-0.25, -0.2) is 0 Å². The molecule has 0 atom stereocenters. The smallest absolute Gasteiger partial charge is 0.381 e. The second kappa shape index (κ2) is 5.95. The summed E-state index contributed by atoms with van der Waals surface area (Å²) in [6, 6.07) is 0. The summed E-state index contributed by atoms with van der Waals surface area (Å²) in [5.74, 6) is 0. The molecule has 0 bridgehead atoms. The van der Waals surface area contributed by atoms with Crippen LogP contribution >= 0.6 is 0 Å². The fourth-order valence-electron chi connectivity index (χ4n) is 3.03. The molecule has 2 rings (SSSR count). The summed E-state index contributed by atoms with van der Waals surface area (Å²) in [4.78, 5) is 3.74. The lowest BCUT2D eigenvalue weighted by Gasteiger charge is -2.49. The Morgan fingerprint density at radius 2 is 1.63 bits per heavy atom. The number of rotatable bonds is 3. The van der Waals surface area contributed by atoms with E-state index < -0.39 is 12.7 Å². The number of hydrogen-bond acceptors (Lipinski definition) is 4. The van der Waals surface area contributed by atoms with Gasteiger partial charge in [0, 0.05) is 51.5 Å². The predicted octanol–water partition coefficient (Wildman–Crippen LogP) is 0.674. The van der Waals surface area contributed by atoms with Gasteiger partial charge in [0.25, 0.3) is 0 Å². The van der Waals surface area contributed by atoms with Gasteiger partial charge in [0.2, 0.25) is 0 Å². The van der Waals surface area contributed by atoms with E-state index in [1.807, 2.05) is 0 Å². The van der Waals surface area contributed by atoms with Crippen molar-refractivity contribution in [2.24, 2.45) is 5.73 Å². The molecule has 0 saturated carbocycles.